The van der Waals surface area contributed by atoms with Gasteiger partial charge < -0.3 is 5.73 Å². The third kappa shape index (κ3) is 3.06. The molecule has 1 atom stereocenters. The molecule has 1 saturated carbocycles. The molecule has 2 rings (SSSR count). The largest absolute Gasteiger partial charge is 0.327 e. The van der Waals surface area contributed by atoms with Gasteiger partial charge in [-0.15, -0.1) is 0 Å². The van der Waals surface area contributed by atoms with Crippen LogP contribution in [0.15, 0.2) is 12.4 Å². The lowest BCUT2D eigenvalue weighted by Gasteiger charge is -2.08. The Morgan fingerprint density at radius 1 is 1.60 bits per heavy atom. The van der Waals surface area contributed by atoms with Crippen LogP contribution in [0.1, 0.15) is 38.2 Å². The highest BCUT2D eigenvalue weighted by molar-refractivity contribution is 5.03. The van der Waals surface area contributed by atoms with Gasteiger partial charge in [-0.3, -0.25) is 4.68 Å². The van der Waals surface area contributed by atoms with Crippen LogP contribution in [0.25, 0.3) is 0 Å². The Hall–Kier alpha value is -0.830. The topological polar surface area (TPSA) is 43.8 Å². The van der Waals surface area contributed by atoms with Crippen molar-refractivity contribution in [1.82, 2.24) is 9.78 Å². The Bertz CT molecular complexity index is 302. The molecule has 1 unspecified atom stereocenters. The summed E-state index contributed by atoms with van der Waals surface area (Å²) in [6.45, 7) is 3.07. The van der Waals surface area contributed by atoms with Gasteiger partial charge in [-0.1, -0.05) is 0 Å². The van der Waals surface area contributed by atoms with Crippen LogP contribution in [-0.2, 0) is 13.0 Å². The maximum absolute atomic E-state index is 6.05. The molecular weight excluding hydrogens is 186 g/mol. The van der Waals surface area contributed by atoms with Gasteiger partial charge in [0.1, 0.15) is 0 Å². The minimum Gasteiger partial charge on any atom is -0.327 e. The average molecular weight is 207 g/mol. The number of nitrogens with zero attached hydrogens (tertiary/aromatic N) is 2. The van der Waals surface area contributed by atoms with Gasteiger partial charge in [-0.2, -0.15) is 5.10 Å². The van der Waals surface area contributed by atoms with Crippen LogP contribution >= 0.6 is 0 Å². The van der Waals surface area contributed by atoms with E-state index in [1.807, 2.05) is 10.9 Å². The van der Waals surface area contributed by atoms with Gasteiger partial charge in [0.15, 0.2) is 0 Å². The molecule has 1 aromatic heterocycles. The van der Waals surface area contributed by atoms with Crippen molar-refractivity contribution in [2.24, 2.45) is 11.7 Å². The van der Waals surface area contributed by atoms with Crippen molar-refractivity contribution in [2.45, 2.75) is 51.6 Å². The van der Waals surface area contributed by atoms with Gasteiger partial charge in [0.25, 0.3) is 0 Å². The second kappa shape index (κ2) is 4.79. The van der Waals surface area contributed by atoms with E-state index in [1.54, 1.807) is 0 Å². The zero-order valence-electron chi connectivity index (χ0n) is 9.52. The van der Waals surface area contributed by atoms with E-state index in [0.29, 0.717) is 6.04 Å². The second-order valence-electron chi connectivity index (χ2n) is 4.60. The Kier molecular flexibility index (Phi) is 3.41. The molecule has 0 bridgehead atoms. The monoisotopic (exact) mass is 207 g/mol. The van der Waals surface area contributed by atoms with Gasteiger partial charge in [0.2, 0.25) is 0 Å². The van der Waals surface area contributed by atoms with Crippen molar-refractivity contribution in [3.8, 4) is 0 Å². The SMILES string of the molecule is CCn1cc(CCCC(N)C2CC2)cn1. The van der Waals surface area contributed by atoms with Crippen molar-refractivity contribution in [3.05, 3.63) is 18.0 Å². The number of nitrogens with two attached hydrogens (primary N) is 1. The summed E-state index contributed by atoms with van der Waals surface area (Å²) in [5, 5.41) is 4.27. The predicted molar refractivity (Wildman–Crippen MR) is 61.5 cm³/mol. The molecule has 2 N–H and O–H groups in total. The predicted octanol–water partition coefficient (Wildman–Crippen LogP) is 1.96. The van der Waals surface area contributed by atoms with Crippen LogP contribution in [-0.4, -0.2) is 15.8 Å². The molecule has 0 amide bonds. The maximum atomic E-state index is 6.05. The molecule has 3 heteroatoms. The fourth-order valence-corrected chi connectivity index (χ4v) is 2.01. The van der Waals surface area contributed by atoms with Crippen molar-refractivity contribution >= 4 is 0 Å². The van der Waals surface area contributed by atoms with Crippen LogP contribution in [0.2, 0.25) is 0 Å². The first-order chi connectivity index (χ1) is 7.29. The minimum absolute atomic E-state index is 0.450. The Labute approximate surface area is 91.7 Å². The van der Waals surface area contributed by atoms with Crippen LogP contribution in [0.3, 0.4) is 0 Å². The minimum atomic E-state index is 0.450. The maximum Gasteiger partial charge on any atom is 0.0521 e. The second-order valence-corrected chi connectivity index (χ2v) is 4.60. The van der Waals surface area contributed by atoms with E-state index in [4.69, 9.17) is 5.73 Å². The molecule has 1 fully saturated rings. The van der Waals surface area contributed by atoms with Crippen molar-refractivity contribution in [2.75, 3.05) is 0 Å². The molecule has 0 spiro atoms. The molecule has 84 valence electrons. The molecular formula is C12H21N3. The summed E-state index contributed by atoms with van der Waals surface area (Å²) in [5.41, 5.74) is 7.40. The normalized spacial score (nSPS) is 18.0. The molecule has 1 aromatic rings. The molecule has 1 aliphatic rings. The Morgan fingerprint density at radius 3 is 3.00 bits per heavy atom. The number of aromatic nitrogens is 2. The Morgan fingerprint density at radius 2 is 2.40 bits per heavy atom. The molecule has 0 aromatic carbocycles. The van der Waals surface area contributed by atoms with E-state index in [-0.39, 0.29) is 0 Å². The van der Waals surface area contributed by atoms with Crippen molar-refractivity contribution in [3.63, 3.8) is 0 Å². The highest BCUT2D eigenvalue weighted by Crippen LogP contribution is 2.33. The molecule has 15 heavy (non-hydrogen) atoms. The number of aryl methyl sites for hydroxylation is 2. The molecule has 0 radical (unpaired) electrons. The lowest BCUT2D eigenvalue weighted by atomic mass is 10.0. The van der Waals surface area contributed by atoms with Crippen LogP contribution in [0, 0.1) is 5.92 Å². The Balaban J connectivity index is 1.68. The first-order valence-electron chi connectivity index (χ1n) is 6.06. The lowest BCUT2D eigenvalue weighted by Crippen LogP contribution is -2.22. The lowest BCUT2D eigenvalue weighted by molar-refractivity contribution is 0.528. The first kappa shape index (κ1) is 10.7. The third-order valence-electron chi connectivity index (χ3n) is 3.24. The molecule has 0 aliphatic heterocycles. The summed E-state index contributed by atoms with van der Waals surface area (Å²) >= 11 is 0. The van der Waals surface area contributed by atoms with Crippen molar-refractivity contribution in [1.29, 1.82) is 0 Å². The van der Waals surface area contributed by atoms with E-state index in [2.05, 4.69) is 18.2 Å². The van der Waals surface area contributed by atoms with Crippen LogP contribution < -0.4 is 5.73 Å². The fourth-order valence-electron chi connectivity index (χ4n) is 2.01. The van der Waals surface area contributed by atoms with E-state index in [9.17, 15) is 0 Å². The summed E-state index contributed by atoms with van der Waals surface area (Å²) in [4.78, 5) is 0. The quantitative estimate of drug-likeness (QED) is 0.775. The third-order valence-corrected chi connectivity index (χ3v) is 3.24. The molecule has 1 aliphatic carbocycles. The molecule has 0 saturated heterocycles. The first-order valence-corrected chi connectivity index (χ1v) is 6.06. The summed E-state index contributed by atoms with van der Waals surface area (Å²) in [5.74, 6) is 0.836. The summed E-state index contributed by atoms with van der Waals surface area (Å²) in [6, 6.07) is 0.450. The van der Waals surface area contributed by atoms with Gasteiger partial charge in [0.05, 0.1) is 6.20 Å². The summed E-state index contributed by atoms with van der Waals surface area (Å²) < 4.78 is 1.98. The van der Waals surface area contributed by atoms with Gasteiger partial charge in [0, 0.05) is 18.8 Å². The highest BCUT2D eigenvalue weighted by atomic mass is 15.3. The van der Waals surface area contributed by atoms with Gasteiger partial charge >= 0.3 is 0 Å². The fraction of sp³-hybridized carbons (Fsp3) is 0.750. The molecule has 3 nitrogen and oxygen atoms in total. The smallest absolute Gasteiger partial charge is 0.0521 e. The van der Waals surface area contributed by atoms with Crippen molar-refractivity contribution < 1.29 is 0 Å². The van der Waals surface area contributed by atoms with E-state index >= 15 is 0 Å². The van der Waals surface area contributed by atoms with E-state index in [1.165, 1.54) is 31.2 Å². The average Bonchev–Trinajstić information content (AvgIpc) is 2.99. The highest BCUT2D eigenvalue weighted by Gasteiger charge is 2.27. The zero-order valence-corrected chi connectivity index (χ0v) is 9.52. The van der Waals surface area contributed by atoms with E-state index < -0.39 is 0 Å². The number of rotatable bonds is 6. The summed E-state index contributed by atoms with van der Waals surface area (Å²) in [7, 11) is 0. The molecule has 1 heterocycles. The van der Waals surface area contributed by atoms with Gasteiger partial charge in [-0.25, -0.2) is 0 Å². The van der Waals surface area contributed by atoms with Crippen LogP contribution in [0.4, 0.5) is 0 Å². The van der Waals surface area contributed by atoms with Crippen LogP contribution in [0.5, 0.6) is 0 Å². The van der Waals surface area contributed by atoms with Gasteiger partial charge in [-0.05, 0) is 50.5 Å². The van der Waals surface area contributed by atoms with E-state index in [0.717, 1.165) is 18.9 Å². The standard InChI is InChI=1S/C12H21N3/c1-2-15-9-10(8-14-15)4-3-5-12(13)11-6-7-11/h8-9,11-12H,2-7,13H2,1H3. The zero-order chi connectivity index (χ0) is 10.7. The number of hydrogen-bond donors (Lipinski definition) is 1. The number of hydrogen-bond acceptors (Lipinski definition) is 2. The summed E-state index contributed by atoms with van der Waals surface area (Å²) in [6.07, 6.45) is 10.3.